The van der Waals surface area contributed by atoms with E-state index in [0.29, 0.717) is 6.04 Å². The fourth-order valence-corrected chi connectivity index (χ4v) is 2.58. The Bertz CT molecular complexity index is 422. The summed E-state index contributed by atoms with van der Waals surface area (Å²) in [4.78, 5) is 4.72. The molecular formula is C15H25N3O. The third-order valence-electron chi connectivity index (χ3n) is 3.87. The second-order valence-corrected chi connectivity index (χ2v) is 5.39. The lowest BCUT2D eigenvalue weighted by atomic mass is 10.1. The summed E-state index contributed by atoms with van der Waals surface area (Å²) in [5.74, 6) is 0.944. The summed E-state index contributed by atoms with van der Waals surface area (Å²) in [6.45, 7) is 6.37. The first-order chi connectivity index (χ1) is 9.11. The summed E-state index contributed by atoms with van der Waals surface area (Å²) in [7, 11) is 6.07. The van der Waals surface area contributed by atoms with Gasteiger partial charge in [-0.05, 0) is 31.7 Å². The molecular weight excluding hydrogens is 238 g/mol. The molecule has 1 N–H and O–H groups in total. The van der Waals surface area contributed by atoms with Gasteiger partial charge in [-0.2, -0.15) is 0 Å². The van der Waals surface area contributed by atoms with E-state index in [1.165, 1.54) is 11.3 Å². The maximum atomic E-state index is 5.47. The zero-order valence-electron chi connectivity index (χ0n) is 12.4. The molecule has 19 heavy (non-hydrogen) atoms. The third kappa shape index (κ3) is 3.39. The van der Waals surface area contributed by atoms with Crippen molar-refractivity contribution < 1.29 is 4.74 Å². The van der Waals surface area contributed by atoms with Crippen molar-refractivity contribution in [1.82, 2.24) is 10.2 Å². The number of hydrogen-bond acceptors (Lipinski definition) is 4. The Labute approximate surface area is 116 Å². The van der Waals surface area contributed by atoms with Crippen LogP contribution in [-0.4, -0.2) is 58.3 Å². The lowest BCUT2D eigenvalue weighted by Crippen LogP contribution is -2.53. The maximum Gasteiger partial charge on any atom is 0.142 e. The van der Waals surface area contributed by atoms with Gasteiger partial charge in [0.15, 0.2) is 0 Å². The SMILES string of the molecule is COc1ccc(C)cc1N(C)CC1CNCCN1C. The number of anilines is 1. The number of ether oxygens (including phenoxy) is 1. The summed E-state index contributed by atoms with van der Waals surface area (Å²) < 4.78 is 5.47. The van der Waals surface area contributed by atoms with E-state index >= 15 is 0 Å². The van der Waals surface area contributed by atoms with Crippen LogP contribution in [0.5, 0.6) is 5.75 Å². The van der Waals surface area contributed by atoms with Crippen LogP contribution in [0.2, 0.25) is 0 Å². The van der Waals surface area contributed by atoms with Crippen molar-refractivity contribution in [3.63, 3.8) is 0 Å². The molecule has 0 bridgehead atoms. The normalized spacial score (nSPS) is 20.3. The number of methoxy groups -OCH3 is 1. The minimum atomic E-state index is 0.545. The summed E-state index contributed by atoms with van der Waals surface area (Å²) in [5, 5.41) is 3.46. The van der Waals surface area contributed by atoms with E-state index in [1.54, 1.807) is 7.11 Å². The molecule has 1 saturated heterocycles. The van der Waals surface area contributed by atoms with E-state index in [1.807, 2.05) is 6.07 Å². The monoisotopic (exact) mass is 263 g/mol. The number of nitrogens with zero attached hydrogens (tertiary/aromatic N) is 2. The zero-order chi connectivity index (χ0) is 13.8. The second-order valence-electron chi connectivity index (χ2n) is 5.39. The van der Waals surface area contributed by atoms with E-state index < -0.39 is 0 Å². The Kier molecular flexibility index (Phi) is 4.66. The van der Waals surface area contributed by atoms with Crippen molar-refractivity contribution >= 4 is 5.69 Å². The summed E-state index contributed by atoms with van der Waals surface area (Å²) >= 11 is 0. The van der Waals surface area contributed by atoms with E-state index in [2.05, 4.69) is 48.3 Å². The Morgan fingerprint density at radius 1 is 1.47 bits per heavy atom. The number of aryl methyl sites for hydroxylation is 1. The molecule has 0 spiro atoms. The Hall–Kier alpha value is -1.26. The van der Waals surface area contributed by atoms with Gasteiger partial charge in [0.2, 0.25) is 0 Å². The van der Waals surface area contributed by atoms with Crippen molar-refractivity contribution in [2.24, 2.45) is 0 Å². The second kappa shape index (κ2) is 6.26. The molecule has 106 valence electrons. The molecule has 4 heteroatoms. The minimum Gasteiger partial charge on any atom is -0.495 e. The molecule has 1 fully saturated rings. The smallest absolute Gasteiger partial charge is 0.142 e. The Balaban J connectivity index is 2.10. The van der Waals surface area contributed by atoms with Crippen LogP contribution in [0.15, 0.2) is 18.2 Å². The average molecular weight is 263 g/mol. The topological polar surface area (TPSA) is 27.7 Å². The maximum absolute atomic E-state index is 5.47. The van der Waals surface area contributed by atoms with Gasteiger partial charge in [-0.3, -0.25) is 4.90 Å². The van der Waals surface area contributed by atoms with E-state index in [0.717, 1.165) is 31.9 Å². The zero-order valence-corrected chi connectivity index (χ0v) is 12.4. The van der Waals surface area contributed by atoms with Crippen LogP contribution < -0.4 is 15.0 Å². The highest BCUT2D eigenvalue weighted by Gasteiger charge is 2.21. The van der Waals surface area contributed by atoms with Gasteiger partial charge in [-0.25, -0.2) is 0 Å². The summed E-state index contributed by atoms with van der Waals surface area (Å²) in [6, 6.07) is 6.87. The van der Waals surface area contributed by atoms with Gasteiger partial charge in [0.1, 0.15) is 5.75 Å². The van der Waals surface area contributed by atoms with E-state index in [4.69, 9.17) is 4.74 Å². The molecule has 1 aliphatic rings. The van der Waals surface area contributed by atoms with Crippen LogP contribution in [0.1, 0.15) is 5.56 Å². The van der Waals surface area contributed by atoms with Crippen LogP contribution in [-0.2, 0) is 0 Å². The van der Waals surface area contributed by atoms with Crippen molar-refractivity contribution in [3.05, 3.63) is 23.8 Å². The lowest BCUT2D eigenvalue weighted by molar-refractivity contribution is 0.204. The standard InChI is InChI=1S/C15H25N3O/c1-12-5-6-15(19-4)14(9-12)18(3)11-13-10-16-7-8-17(13)2/h5-6,9,13,16H,7-8,10-11H2,1-4H3. The van der Waals surface area contributed by atoms with Gasteiger partial charge in [-0.15, -0.1) is 0 Å². The van der Waals surface area contributed by atoms with Gasteiger partial charge < -0.3 is 15.0 Å². The number of hydrogen-bond donors (Lipinski definition) is 1. The Morgan fingerprint density at radius 2 is 2.26 bits per heavy atom. The molecule has 1 aromatic rings. The minimum absolute atomic E-state index is 0.545. The molecule has 0 amide bonds. The van der Waals surface area contributed by atoms with Crippen molar-refractivity contribution in [3.8, 4) is 5.75 Å². The van der Waals surface area contributed by atoms with Crippen LogP contribution in [0, 0.1) is 6.92 Å². The highest BCUT2D eigenvalue weighted by atomic mass is 16.5. The van der Waals surface area contributed by atoms with Crippen LogP contribution >= 0.6 is 0 Å². The van der Waals surface area contributed by atoms with Crippen molar-refractivity contribution in [2.75, 3.05) is 52.3 Å². The van der Waals surface area contributed by atoms with Gasteiger partial charge in [-0.1, -0.05) is 6.07 Å². The van der Waals surface area contributed by atoms with Crippen molar-refractivity contribution in [1.29, 1.82) is 0 Å². The highest BCUT2D eigenvalue weighted by molar-refractivity contribution is 5.59. The average Bonchev–Trinajstić information content (AvgIpc) is 2.41. The summed E-state index contributed by atoms with van der Waals surface area (Å²) in [6.07, 6.45) is 0. The Morgan fingerprint density at radius 3 is 2.95 bits per heavy atom. The van der Waals surface area contributed by atoms with Crippen LogP contribution in [0.25, 0.3) is 0 Å². The number of benzene rings is 1. The molecule has 1 aliphatic heterocycles. The molecule has 1 aromatic carbocycles. The molecule has 0 radical (unpaired) electrons. The molecule has 1 atom stereocenters. The van der Waals surface area contributed by atoms with Gasteiger partial charge >= 0.3 is 0 Å². The van der Waals surface area contributed by atoms with E-state index in [9.17, 15) is 0 Å². The molecule has 4 nitrogen and oxygen atoms in total. The molecule has 2 rings (SSSR count). The highest BCUT2D eigenvalue weighted by Crippen LogP contribution is 2.28. The van der Waals surface area contributed by atoms with Gasteiger partial charge in [0.05, 0.1) is 12.8 Å². The van der Waals surface area contributed by atoms with Crippen LogP contribution in [0.4, 0.5) is 5.69 Å². The lowest BCUT2D eigenvalue weighted by Gasteiger charge is -2.36. The fourth-order valence-electron chi connectivity index (χ4n) is 2.58. The first kappa shape index (κ1) is 14.2. The molecule has 1 heterocycles. The van der Waals surface area contributed by atoms with E-state index in [-0.39, 0.29) is 0 Å². The molecule has 1 unspecified atom stereocenters. The molecule has 0 aliphatic carbocycles. The third-order valence-corrected chi connectivity index (χ3v) is 3.87. The largest absolute Gasteiger partial charge is 0.495 e. The van der Waals surface area contributed by atoms with Gasteiger partial charge in [0.25, 0.3) is 0 Å². The predicted octanol–water partition coefficient (Wildman–Crippen LogP) is 1.34. The number of rotatable bonds is 4. The molecule has 0 aromatic heterocycles. The quantitative estimate of drug-likeness (QED) is 0.887. The van der Waals surface area contributed by atoms with Crippen LogP contribution in [0.3, 0.4) is 0 Å². The number of nitrogens with one attached hydrogen (secondary N) is 1. The summed E-state index contributed by atoms with van der Waals surface area (Å²) in [5.41, 5.74) is 2.43. The number of piperazine rings is 1. The first-order valence-corrected chi connectivity index (χ1v) is 6.88. The predicted molar refractivity (Wildman–Crippen MR) is 80.3 cm³/mol. The fraction of sp³-hybridized carbons (Fsp3) is 0.600. The number of likely N-dealkylation sites (N-methyl/N-ethyl adjacent to an activating group) is 2. The van der Waals surface area contributed by atoms with Gasteiger partial charge in [0, 0.05) is 39.3 Å². The first-order valence-electron chi connectivity index (χ1n) is 6.88. The van der Waals surface area contributed by atoms with Crippen molar-refractivity contribution in [2.45, 2.75) is 13.0 Å². The molecule has 0 saturated carbocycles.